The van der Waals surface area contributed by atoms with Crippen molar-refractivity contribution >= 4 is 29.9 Å². The number of halogens is 1. The average Bonchev–Trinajstić information content (AvgIpc) is 2.59. The number of nitrogens with one attached hydrogen (secondary N) is 2. The van der Waals surface area contributed by atoms with Gasteiger partial charge in [0, 0.05) is 20.1 Å². The van der Waals surface area contributed by atoms with E-state index in [0.29, 0.717) is 6.61 Å². The lowest BCUT2D eigenvalue weighted by Crippen LogP contribution is -2.43. The van der Waals surface area contributed by atoms with Crippen LogP contribution in [0, 0.1) is 0 Å². The summed E-state index contributed by atoms with van der Waals surface area (Å²) in [6, 6.07) is 9.87. The maximum Gasteiger partial charge on any atom is 0.191 e. The van der Waals surface area contributed by atoms with E-state index in [-0.39, 0.29) is 24.0 Å². The molecule has 23 heavy (non-hydrogen) atoms. The summed E-state index contributed by atoms with van der Waals surface area (Å²) in [4.78, 5) is 6.75. The van der Waals surface area contributed by atoms with Crippen LogP contribution in [-0.2, 0) is 0 Å². The van der Waals surface area contributed by atoms with Gasteiger partial charge in [-0.25, -0.2) is 0 Å². The molecule has 2 N–H and O–H groups in total. The van der Waals surface area contributed by atoms with Crippen molar-refractivity contribution < 1.29 is 4.74 Å². The third-order valence-electron chi connectivity index (χ3n) is 3.80. The maximum absolute atomic E-state index is 5.65. The van der Waals surface area contributed by atoms with Gasteiger partial charge in [-0.3, -0.25) is 4.99 Å². The normalized spacial score (nSPS) is 15.6. The molecule has 0 aliphatic carbocycles. The van der Waals surface area contributed by atoms with E-state index in [0.717, 1.165) is 31.3 Å². The van der Waals surface area contributed by atoms with Crippen molar-refractivity contribution in [2.45, 2.75) is 19.3 Å². The molecule has 1 aromatic carbocycles. The second-order valence-corrected chi connectivity index (χ2v) is 5.49. The average molecular weight is 432 g/mol. The van der Waals surface area contributed by atoms with Gasteiger partial charge < -0.3 is 20.3 Å². The summed E-state index contributed by atoms with van der Waals surface area (Å²) in [7, 11) is 1.80. The first-order valence-electron chi connectivity index (χ1n) is 8.23. The zero-order valence-electron chi connectivity index (χ0n) is 14.0. The molecule has 1 heterocycles. The number of hydrogen-bond acceptors (Lipinski definition) is 3. The summed E-state index contributed by atoms with van der Waals surface area (Å²) in [5.41, 5.74) is 0. The molecular weight excluding hydrogens is 403 g/mol. The summed E-state index contributed by atoms with van der Waals surface area (Å²) in [5, 5.41) is 6.63. The van der Waals surface area contributed by atoms with Crippen LogP contribution in [-0.4, -0.2) is 57.2 Å². The number of likely N-dealkylation sites (tertiary alicyclic amines) is 1. The van der Waals surface area contributed by atoms with E-state index in [2.05, 4.69) is 20.5 Å². The predicted molar refractivity (Wildman–Crippen MR) is 107 cm³/mol. The van der Waals surface area contributed by atoms with Gasteiger partial charge in [-0.15, -0.1) is 24.0 Å². The number of nitrogens with zero attached hydrogens (tertiary/aromatic N) is 2. The van der Waals surface area contributed by atoms with Gasteiger partial charge in [0.2, 0.25) is 0 Å². The van der Waals surface area contributed by atoms with Crippen LogP contribution in [0.1, 0.15) is 19.3 Å². The number of ether oxygens (including phenoxy) is 1. The molecule has 0 aromatic heterocycles. The predicted octanol–water partition coefficient (Wildman–Crippen LogP) is 2.33. The van der Waals surface area contributed by atoms with Crippen LogP contribution in [0.15, 0.2) is 35.3 Å². The van der Waals surface area contributed by atoms with Gasteiger partial charge in [0.1, 0.15) is 12.4 Å². The first-order chi connectivity index (χ1) is 10.9. The lowest BCUT2D eigenvalue weighted by molar-refractivity contribution is 0.232. The maximum atomic E-state index is 5.65. The van der Waals surface area contributed by atoms with Crippen molar-refractivity contribution in [1.29, 1.82) is 0 Å². The Labute approximate surface area is 156 Å². The summed E-state index contributed by atoms with van der Waals surface area (Å²) < 4.78 is 5.65. The number of benzene rings is 1. The molecule has 0 saturated carbocycles. The lowest BCUT2D eigenvalue weighted by Gasteiger charge is -2.26. The Hall–Kier alpha value is -1.02. The highest BCUT2D eigenvalue weighted by Crippen LogP contribution is 2.08. The van der Waals surface area contributed by atoms with Gasteiger partial charge in [-0.05, 0) is 38.1 Å². The highest BCUT2D eigenvalue weighted by atomic mass is 127. The fourth-order valence-corrected chi connectivity index (χ4v) is 2.59. The first kappa shape index (κ1) is 20.0. The van der Waals surface area contributed by atoms with Crippen LogP contribution < -0.4 is 15.4 Å². The van der Waals surface area contributed by atoms with Crippen LogP contribution in [0.25, 0.3) is 0 Å². The van der Waals surface area contributed by atoms with E-state index < -0.39 is 0 Å². The largest absolute Gasteiger partial charge is 0.492 e. The van der Waals surface area contributed by atoms with E-state index in [1.54, 1.807) is 7.05 Å². The van der Waals surface area contributed by atoms with Crippen molar-refractivity contribution in [3.05, 3.63) is 30.3 Å². The van der Waals surface area contributed by atoms with Crippen molar-refractivity contribution in [3.63, 3.8) is 0 Å². The fraction of sp³-hybridized carbons (Fsp3) is 0.588. The van der Waals surface area contributed by atoms with Gasteiger partial charge in [0.25, 0.3) is 0 Å². The number of hydrogen-bond donors (Lipinski definition) is 2. The highest BCUT2D eigenvalue weighted by Gasteiger charge is 2.09. The fourth-order valence-electron chi connectivity index (χ4n) is 2.59. The van der Waals surface area contributed by atoms with E-state index in [1.807, 2.05) is 30.3 Å². The molecule has 0 bridgehead atoms. The quantitative estimate of drug-likeness (QED) is 0.301. The Balaban J connectivity index is 0.00000264. The summed E-state index contributed by atoms with van der Waals surface area (Å²) in [6.07, 6.45) is 4.06. The smallest absolute Gasteiger partial charge is 0.191 e. The minimum absolute atomic E-state index is 0. The molecular formula is C17H29IN4O. The molecule has 0 amide bonds. The number of guanidine groups is 1. The standard InChI is InChI=1S/C17H28N4O.HI/c1-18-17(19-10-14-21-12-6-3-7-13-21)20-11-15-22-16-8-4-2-5-9-16;/h2,4-5,8-9H,3,6-7,10-15H2,1H3,(H2,18,19,20);1H. The van der Waals surface area contributed by atoms with Gasteiger partial charge in [0.15, 0.2) is 5.96 Å². The monoisotopic (exact) mass is 432 g/mol. The Morgan fingerprint density at radius 1 is 1.09 bits per heavy atom. The molecule has 1 aromatic rings. The molecule has 5 nitrogen and oxygen atoms in total. The van der Waals surface area contributed by atoms with Gasteiger partial charge in [-0.2, -0.15) is 0 Å². The van der Waals surface area contributed by atoms with Gasteiger partial charge in [-0.1, -0.05) is 24.6 Å². The summed E-state index contributed by atoms with van der Waals surface area (Å²) >= 11 is 0. The van der Waals surface area contributed by atoms with Crippen LogP contribution in [0.4, 0.5) is 0 Å². The second-order valence-electron chi connectivity index (χ2n) is 5.49. The highest BCUT2D eigenvalue weighted by molar-refractivity contribution is 14.0. The zero-order valence-corrected chi connectivity index (χ0v) is 16.3. The Kier molecular flexibility index (Phi) is 10.8. The Bertz CT molecular complexity index is 435. The molecule has 2 rings (SSSR count). The number of aliphatic imine (C=N–C) groups is 1. The van der Waals surface area contributed by atoms with E-state index in [9.17, 15) is 0 Å². The van der Waals surface area contributed by atoms with Gasteiger partial charge >= 0.3 is 0 Å². The summed E-state index contributed by atoms with van der Waals surface area (Å²) in [5.74, 6) is 1.74. The number of piperidine rings is 1. The van der Waals surface area contributed by atoms with Crippen LogP contribution in [0.2, 0.25) is 0 Å². The SMILES string of the molecule is CN=C(NCCOc1ccccc1)NCCN1CCCCC1.I. The third kappa shape index (κ3) is 8.41. The molecule has 0 spiro atoms. The number of para-hydroxylation sites is 1. The molecule has 1 fully saturated rings. The zero-order chi connectivity index (χ0) is 15.5. The van der Waals surface area contributed by atoms with Crippen LogP contribution >= 0.6 is 24.0 Å². The topological polar surface area (TPSA) is 48.9 Å². The van der Waals surface area contributed by atoms with Crippen molar-refractivity contribution in [3.8, 4) is 5.75 Å². The Morgan fingerprint density at radius 3 is 2.48 bits per heavy atom. The van der Waals surface area contributed by atoms with Crippen LogP contribution in [0.5, 0.6) is 5.75 Å². The third-order valence-corrected chi connectivity index (χ3v) is 3.80. The molecule has 1 saturated heterocycles. The van der Waals surface area contributed by atoms with Crippen LogP contribution in [0.3, 0.4) is 0 Å². The minimum atomic E-state index is 0. The van der Waals surface area contributed by atoms with E-state index >= 15 is 0 Å². The second kappa shape index (κ2) is 12.4. The molecule has 6 heteroatoms. The summed E-state index contributed by atoms with van der Waals surface area (Å²) in [6.45, 7) is 5.84. The van der Waals surface area contributed by atoms with E-state index in [4.69, 9.17) is 4.74 Å². The van der Waals surface area contributed by atoms with E-state index in [1.165, 1.54) is 32.4 Å². The molecule has 1 aliphatic heterocycles. The first-order valence-corrected chi connectivity index (χ1v) is 8.23. The molecule has 0 radical (unpaired) electrons. The number of rotatable bonds is 7. The molecule has 1 aliphatic rings. The minimum Gasteiger partial charge on any atom is -0.492 e. The van der Waals surface area contributed by atoms with Crippen molar-refractivity contribution in [1.82, 2.24) is 15.5 Å². The molecule has 0 atom stereocenters. The molecule has 0 unspecified atom stereocenters. The lowest BCUT2D eigenvalue weighted by atomic mass is 10.1. The van der Waals surface area contributed by atoms with Crippen molar-refractivity contribution in [2.24, 2.45) is 4.99 Å². The Morgan fingerprint density at radius 2 is 1.78 bits per heavy atom. The van der Waals surface area contributed by atoms with Gasteiger partial charge in [0.05, 0.1) is 6.54 Å². The molecule has 130 valence electrons. The van der Waals surface area contributed by atoms with Crippen molar-refractivity contribution in [2.75, 3.05) is 46.4 Å².